The summed E-state index contributed by atoms with van der Waals surface area (Å²) in [5.74, 6) is 0.829. The number of nitrogens with zero attached hydrogens (tertiary/aromatic N) is 1. The summed E-state index contributed by atoms with van der Waals surface area (Å²) in [6.07, 6.45) is 2.55. The van der Waals surface area contributed by atoms with Gasteiger partial charge >= 0.3 is 0 Å². The highest BCUT2D eigenvalue weighted by Gasteiger charge is 2.28. The molecule has 1 heterocycles. The van der Waals surface area contributed by atoms with Crippen LogP contribution in [0.25, 0.3) is 0 Å². The van der Waals surface area contributed by atoms with Gasteiger partial charge in [-0.25, -0.2) is 0 Å². The fourth-order valence-electron chi connectivity index (χ4n) is 3.12. The smallest absolute Gasteiger partial charge is 0.104 e. The van der Waals surface area contributed by atoms with Gasteiger partial charge in [-0.2, -0.15) is 0 Å². The quantitative estimate of drug-likeness (QED) is 0.838. The summed E-state index contributed by atoms with van der Waals surface area (Å²) in [7, 11) is 0. The largest absolute Gasteiger partial charge is 0.389 e. The molecule has 0 amide bonds. The van der Waals surface area contributed by atoms with Crippen molar-refractivity contribution in [3.63, 3.8) is 0 Å². The summed E-state index contributed by atoms with van der Waals surface area (Å²) in [6, 6.07) is 6.42. The Balaban J connectivity index is 2.08. The minimum atomic E-state index is 0.428. The number of aryl methyl sites for hydroxylation is 1. The van der Waals surface area contributed by atoms with Crippen LogP contribution in [0.4, 0.5) is 5.69 Å². The number of nitrogens with two attached hydrogens (primary N) is 1. The van der Waals surface area contributed by atoms with Crippen LogP contribution in [0, 0.1) is 18.3 Å². The molecule has 0 spiro atoms. The molecule has 1 aromatic carbocycles. The molecule has 110 valence electrons. The SMILES string of the molecule is Cc1cc(N2CCC(C(C)(C)C)CC2)ccc1C(N)=S. The lowest BCUT2D eigenvalue weighted by Gasteiger charge is -2.40. The predicted molar refractivity (Wildman–Crippen MR) is 91.5 cm³/mol. The predicted octanol–water partition coefficient (Wildman–Crippen LogP) is 3.89. The Morgan fingerprint density at radius 3 is 2.30 bits per heavy atom. The van der Waals surface area contributed by atoms with Gasteiger partial charge in [0.25, 0.3) is 0 Å². The van der Waals surface area contributed by atoms with Crippen molar-refractivity contribution >= 4 is 22.9 Å². The first kappa shape index (κ1) is 15.3. The third kappa shape index (κ3) is 3.32. The molecule has 20 heavy (non-hydrogen) atoms. The van der Waals surface area contributed by atoms with Crippen LogP contribution in [0.1, 0.15) is 44.7 Å². The van der Waals surface area contributed by atoms with Crippen LogP contribution >= 0.6 is 12.2 Å². The van der Waals surface area contributed by atoms with E-state index in [1.165, 1.54) is 24.1 Å². The molecular weight excluding hydrogens is 264 g/mol. The maximum absolute atomic E-state index is 5.73. The van der Waals surface area contributed by atoms with Gasteiger partial charge in [-0.15, -0.1) is 0 Å². The molecule has 1 aliphatic heterocycles. The number of hydrogen-bond acceptors (Lipinski definition) is 2. The first-order valence-corrected chi connectivity index (χ1v) is 7.85. The van der Waals surface area contributed by atoms with Gasteiger partial charge in [-0.3, -0.25) is 0 Å². The highest BCUT2D eigenvalue weighted by Crippen LogP contribution is 2.35. The lowest BCUT2D eigenvalue weighted by Crippen LogP contribution is -2.38. The van der Waals surface area contributed by atoms with Crippen molar-refractivity contribution in [2.75, 3.05) is 18.0 Å². The van der Waals surface area contributed by atoms with E-state index in [9.17, 15) is 0 Å². The Labute approximate surface area is 128 Å². The second kappa shape index (κ2) is 5.72. The van der Waals surface area contributed by atoms with Gasteiger partial charge in [-0.05, 0) is 54.9 Å². The normalized spacial score (nSPS) is 17.3. The third-order valence-corrected chi connectivity index (χ3v) is 4.78. The van der Waals surface area contributed by atoms with Crippen LogP contribution in [-0.4, -0.2) is 18.1 Å². The molecule has 2 N–H and O–H groups in total. The van der Waals surface area contributed by atoms with Crippen molar-refractivity contribution in [1.29, 1.82) is 0 Å². The molecule has 1 aromatic rings. The highest BCUT2D eigenvalue weighted by atomic mass is 32.1. The van der Waals surface area contributed by atoms with Crippen molar-refractivity contribution < 1.29 is 0 Å². The maximum Gasteiger partial charge on any atom is 0.104 e. The lowest BCUT2D eigenvalue weighted by atomic mass is 9.75. The van der Waals surface area contributed by atoms with Crippen LogP contribution in [0.15, 0.2) is 18.2 Å². The second-order valence-electron chi connectivity index (χ2n) is 6.99. The summed E-state index contributed by atoms with van der Waals surface area (Å²) in [5.41, 5.74) is 9.62. The molecule has 1 saturated heterocycles. The molecule has 0 radical (unpaired) electrons. The fourth-order valence-corrected chi connectivity index (χ4v) is 3.35. The van der Waals surface area contributed by atoms with Crippen LogP contribution in [0.2, 0.25) is 0 Å². The second-order valence-corrected chi connectivity index (χ2v) is 7.43. The number of rotatable bonds is 2. The van der Waals surface area contributed by atoms with Crippen molar-refractivity contribution in [2.45, 2.75) is 40.5 Å². The van der Waals surface area contributed by atoms with Crippen LogP contribution in [-0.2, 0) is 0 Å². The third-order valence-electron chi connectivity index (χ3n) is 4.56. The fraction of sp³-hybridized carbons (Fsp3) is 0.588. The molecule has 0 unspecified atom stereocenters. The van der Waals surface area contributed by atoms with Gasteiger partial charge in [0.2, 0.25) is 0 Å². The summed E-state index contributed by atoms with van der Waals surface area (Å²) in [5, 5.41) is 0. The molecule has 1 fully saturated rings. The van der Waals surface area contributed by atoms with E-state index in [-0.39, 0.29) is 0 Å². The number of benzene rings is 1. The summed E-state index contributed by atoms with van der Waals surface area (Å²) >= 11 is 5.07. The zero-order chi connectivity index (χ0) is 14.9. The van der Waals surface area contributed by atoms with Gasteiger partial charge in [0.1, 0.15) is 4.99 Å². The first-order valence-electron chi connectivity index (χ1n) is 7.44. The summed E-state index contributed by atoms with van der Waals surface area (Å²) < 4.78 is 0. The van der Waals surface area contributed by atoms with Crippen LogP contribution < -0.4 is 10.6 Å². The van der Waals surface area contributed by atoms with Crippen molar-refractivity contribution in [3.05, 3.63) is 29.3 Å². The Bertz CT molecular complexity index is 494. The Morgan fingerprint density at radius 2 is 1.85 bits per heavy atom. The number of anilines is 1. The molecular formula is C17H26N2S. The van der Waals surface area contributed by atoms with E-state index in [0.717, 1.165) is 24.6 Å². The van der Waals surface area contributed by atoms with E-state index in [1.807, 2.05) is 0 Å². The number of hydrogen-bond donors (Lipinski definition) is 1. The Hall–Kier alpha value is -1.09. The molecule has 0 saturated carbocycles. The molecule has 0 aromatic heterocycles. The molecule has 2 nitrogen and oxygen atoms in total. The standard InChI is InChI=1S/C17H26N2S/c1-12-11-14(5-6-15(12)16(18)20)19-9-7-13(8-10-19)17(2,3)4/h5-6,11,13H,7-10H2,1-4H3,(H2,18,20). The molecule has 3 heteroatoms. The van der Waals surface area contributed by atoms with Crippen molar-refractivity contribution in [3.8, 4) is 0 Å². The van der Waals surface area contributed by atoms with E-state index in [2.05, 4.69) is 50.8 Å². The van der Waals surface area contributed by atoms with Gasteiger partial charge in [-0.1, -0.05) is 33.0 Å². The van der Waals surface area contributed by atoms with E-state index < -0.39 is 0 Å². The summed E-state index contributed by atoms with van der Waals surface area (Å²) in [6.45, 7) is 11.4. The van der Waals surface area contributed by atoms with Gasteiger partial charge in [0.15, 0.2) is 0 Å². The van der Waals surface area contributed by atoms with Crippen molar-refractivity contribution in [1.82, 2.24) is 0 Å². The highest BCUT2D eigenvalue weighted by molar-refractivity contribution is 7.80. The van der Waals surface area contributed by atoms with Gasteiger partial charge in [0, 0.05) is 24.3 Å². The summed E-state index contributed by atoms with van der Waals surface area (Å²) in [4.78, 5) is 2.97. The monoisotopic (exact) mass is 290 g/mol. The van der Waals surface area contributed by atoms with Crippen LogP contribution in [0.5, 0.6) is 0 Å². The zero-order valence-corrected chi connectivity index (χ0v) is 13.9. The maximum atomic E-state index is 5.73. The molecule has 0 aliphatic carbocycles. The van der Waals surface area contributed by atoms with Crippen LogP contribution in [0.3, 0.4) is 0 Å². The molecule has 1 aliphatic rings. The minimum Gasteiger partial charge on any atom is -0.389 e. The Kier molecular flexibility index (Phi) is 4.38. The van der Waals surface area contributed by atoms with E-state index in [1.54, 1.807) is 0 Å². The van der Waals surface area contributed by atoms with E-state index in [4.69, 9.17) is 18.0 Å². The molecule has 0 atom stereocenters. The van der Waals surface area contributed by atoms with Gasteiger partial charge in [0.05, 0.1) is 0 Å². The van der Waals surface area contributed by atoms with E-state index in [0.29, 0.717) is 10.4 Å². The topological polar surface area (TPSA) is 29.3 Å². The van der Waals surface area contributed by atoms with E-state index >= 15 is 0 Å². The minimum absolute atomic E-state index is 0.428. The van der Waals surface area contributed by atoms with Gasteiger partial charge < -0.3 is 10.6 Å². The average molecular weight is 290 g/mol. The zero-order valence-electron chi connectivity index (χ0n) is 13.1. The lowest BCUT2D eigenvalue weighted by molar-refractivity contribution is 0.199. The molecule has 0 bridgehead atoms. The molecule has 2 rings (SSSR count). The Morgan fingerprint density at radius 1 is 1.25 bits per heavy atom. The average Bonchev–Trinajstić information content (AvgIpc) is 2.37. The first-order chi connectivity index (χ1) is 9.29. The van der Waals surface area contributed by atoms with Crippen molar-refractivity contribution in [2.24, 2.45) is 17.1 Å². The number of thiocarbonyl (C=S) groups is 1. The number of piperidine rings is 1.